The number of thioether (sulfide) groups is 1. The first-order valence-electron chi connectivity index (χ1n) is 4.69. The van der Waals surface area contributed by atoms with Gasteiger partial charge in [-0.2, -0.15) is 0 Å². The number of benzene rings is 1. The lowest BCUT2D eigenvalue weighted by Gasteiger charge is -2.09. The maximum absolute atomic E-state index is 11.3. The van der Waals surface area contributed by atoms with Crippen molar-refractivity contribution in [2.75, 3.05) is 14.2 Å². The van der Waals surface area contributed by atoms with Gasteiger partial charge in [-0.1, -0.05) is 0 Å². The number of rotatable bonds is 4. The van der Waals surface area contributed by atoms with E-state index < -0.39 is 0 Å². The highest BCUT2D eigenvalue weighted by molar-refractivity contribution is 8.00. The lowest BCUT2D eigenvalue weighted by Crippen LogP contribution is -2.27. The van der Waals surface area contributed by atoms with Crippen molar-refractivity contribution in [1.29, 1.82) is 0 Å². The van der Waals surface area contributed by atoms with Crippen LogP contribution in [0.4, 0.5) is 0 Å². The molecular formula is C11H15NO2S. The summed E-state index contributed by atoms with van der Waals surface area (Å²) in [5.74, 6) is 0.864. The summed E-state index contributed by atoms with van der Waals surface area (Å²) in [6.45, 7) is 1.88. The maximum Gasteiger partial charge on any atom is 0.232 e. The molecule has 0 aromatic heterocycles. The van der Waals surface area contributed by atoms with Crippen LogP contribution in [0.3, 0.4) is 0 Å². The first-order chi connectivity index (χ1) is 7.17. The second-order valence-corrected chi connectivity index (χ2v) is 4.46. The fourth-order valence-electron chi connectivity index (χ4n) is 1.12. The Kier molecular flexibility index (Phi) is 4.49. The average molecular weight is 225 g/mol. The minimum absolute atomic E-state index is 0.0378. The summed E-state index contributed by atoms with van der Waals surface area (Å²) in [5, 5.41) is 2.54. The summed E-state index contributed by atoms with van der Waals surface area (Å²) in [6.07, 6.45) is 0. The highest BCUT2D eigenvalue weighted by atomic mass is 32.2. The third-order valence-electron chi connectivity index (χ3n) is 1.99. The van der Waals surface area contributed by atoms with Crippen molar-refractivity contribution in [3.05, 3.63) is 24.3 Å². The fraction of sp³-hybridized carbons (Fsp3) is 0.364. The zero-order chi connectivity index (χ0) is 11.3. The van der Waals surface area contributed by atoms with Gasteiger partial charge in [0.2, 0.25) is 5.91 Å². The van der Waals surface area contributed by atoms with E-state index in [1.54, 1.807) is 14.2 Å². The van der Waals surface area contributed by atoms with E-state index >= 15 is 0 Å². The Morgan fingerprint density at radius 3 is 2.47 bits per heavy atom. The molecule has 0 radical (unpaired) electrons. The Hall–Kier alpha value is -1.16. The van der Waals surface area contributed by atoms with Crippen molar-refractivity contribution in [2.45, 2.75) is 17.1 Å². The van der Waals surface area contributed by atoms with E-state index in [0.717, 1.165) is 10.6 Å². The summed E-state index contributed by atoms with van der Waals surface area (Å²) in [6, 6.07) is 7.67. The highest BCUT2D eigenvalue weighted by Crippen LogP contribution is 2.25. The van der Waals surface area contributed by atoms with E-state index in [4.69, 9.17) is 4.74 Å². The Morgan fingerprint density at radius 2 is 2.00 bits per heavy atom. The number of hydrogen-bond acceptors (Lipinski definition) is 3. The van der Waals surface area contributed by atoms with Crippen molar-refractivity contribution < 1.29 is 9.53 Å². The Bertz CT molecular complexity index is 324. The molecule has 0 aliphatic heterocycles. The summed E-state index contributed by atoms with van der Waals surface area (Å²) >= 11 is 1.53. The molecule has 15 heavy (non-hydrogen) atoms. The Morgan fingerprint density at radius 1 is 1.40 bits per heavy atom. The van der Waals surface area contributed by atoms with Gasteiger partial charge in [0.15, 0.2) is 0 Å². The Balaban J connectivity index is 2.60. The number of methoxy groups -OCH3 is 1. The molecule has 1 aromatic rings. The molecule has 1 amide bonds. The molecule has 0 saturated heterocycles. The van der Waals surface area contributed by atoms with Crippen molar-refractivity contribution in [2.24, 2.45) is 0 Å². The van der Waals surface area contributed by atoms with Gasteiger partial charge in [0, 0.05) is 11.9 Å². The quantitative estimate of drug-likeness (QED) is 0.796. The zero-order valence-corrected chi connectivity index (χ0v) is 9.93. The second-order valence-electron chi connectivity index (χ2n) is 3.05. The fourth-order valence-corrected chi connectivity index (χ4v) is 2.04. The van der Waals surface area contributed by atoms with Crippen LogP contribution in [0.2, 0.25) is 0 Å². The number of carbonyl (C=O) groups excluding carboxylic acids is 1. The SMILES string of the molecule is CNC(=O)C(C)Sc1ccc(OC)cc1. The number of nitrogens with one attached hydrogen (secondary N) is 1. The van der Waals surface area contributed by atoms with Gasteiger partial charge in [0.05, 0.1) is 12.4 Å². The molecule has 3 nitrogen and oxygen atoms in total. The molecule has 0 bridgehead atoms. The number of ether oxygens (including phenoxy) is 1. The van der Waals surface area contributed by atoms with Crippen LogP contribution in [0.1, 0.15) is 6.92 Å². The minimum Gasteiger partial charge on any atom is -0.497 e. The minimum atomic E-state index is -0.0802. The monoisotopic (exact) mass is 225 g/mol. The number of carbonyl (C=O) groups is 1. The van der Waals surface area contributed by atoms with Gasteiger partial charge in [0.1, 0.15) is 5.75 Å². The van der Waals surface area contributed by atoms with E-state index in [2.05, 4.69) is 5.32 Å². The van der Waals surface area contributed by atoms with Crippen molar-refractivity contribution >= 4 is 17.7 Å². The molecule has 0 spiro atoms. The van der Waals surface area contributed by atoms with Crippen LogP contribution >= 0.6 is 11.8 Å². The topological polar surface area (TPSA) is 38.3 Å². The van der Waals surface area contributed by atoms with Crippen LogP contribution in [-0.4, -0.2) is 25.3 Å². The van der Waals surface area contributed by atoms with Crippen LogP contribution in [0.15, 0.2) is 29.2 Å². The molecule has 1 aromatic carbocycles. The first-order valence-corrected chi connectivity index (χ1v) is 5.57. The maximum atomic E-state index is 11.3. The predicted molar refractivity (Wildman–Crippen MR) is 62.4 cm³/mol. The summed E-state index contributed by atoms with van der Waals surface area (Å²) < 4.78 is 5.05. The molecular weight excluding hydrogens is 210 g/mol. The third kappa shape index (κ3) is 3.47. The summed E-state index contributed by atoms with van der Waals surface area (Å²) in [5.41, 5.74) is 0. The van der Waals surface area contributed by atoms with E-state index in [1.807, 2.05) is 31.2 Å². The van der Waals surface area contributed by atoms with E-state index in [0.29, 0.717) is 0 Å². The van der Waals surface area contributed by atoms with Crippen LogP contribution < -0.4 is 10.1 Å². The van der Waals surface area contributed by atoms with E-state index in [9.17, 15) is 4.79 Å². The predicted octanol–water partition coefficient (Wildman–Crippen LogP) is 1.92. The molecule has 4 heteroatoms. The molecule has 1 atom stereocenters. The van der Waals surface area contributed by atoms with Gasteiger partial charge in [-0.15, -0.1) is 11.8 Å². The van der Waals surface area contributed by atoms with Gasteiger partial charge in [-0.25, -0.2) is 0 Å². The van der Waals surface area contributed by atoms with Crippen LogP contribution in [-0.2, 0) is 4.79 Å². The first kappa shape index (κ1) is 11.9. The second kappa shape index (κ2) is 5.66. The van der Waals surface area contributed by atoms with Crippen molar-refractivity contribution in [3.8, 4) is 5.75 Å². The molecule has 0 saturated carbocycles. The van der Waals surface area contributed by atoms with Gasteiger partial charge >= 0.3 is 0 Å². The molecule has 0 fully saturated rings. The third-order valence-corrected chi connectivity index (χ3v) is 3.10. The van der Waals surface area contributed by atoms with Crippen molar-refractivity contribution in [3.63, 3.8) is 0 Å². The lowest BCUT2D eigenvalue weighted by molar-refractivity contribution is -0.119. The number of hydrogen-bond donors (Lipinski definition) is 1. The van der Waals surface area contributed by atoms with E-state index in [1.165, 1.54) is 11.8 Å². The molecule has 0 heterocycles. The molecule has 0 aliphatic carbocycles. The zero-order valence-electron chi connectivity index (χ0n) is 9.11. The smallest absolute Gasteiger partial charge is 0.232 e. The molecule has 1 rings (SSSR count). The van der Waals surface area contributed by atoms with Crippen LogP contribution in [0.5, 0.6) is 5.75 Å². The summed E-state index contributed by atoms with van der Waals surface area (Å²) in [7, 11) is 3.28. The van der Waals surface area contributed by atoms with Gasteiger partial charge in [-0.05, 0) is 31.2 Å². The normalized spacial score (nSPS) is 11.9. The molecule has 0 aliphatic rings. The standard InChI is InChI=1S/C11H15NO2S/c1-8(11(13)12-2)15-10-6-4-9(14-3)5-7-10/h4-8H,1-3H3,(H,12,13). The van der Waals surface area contributed by atoms with Crippen LogP contribution in [0.25, 0.3) is 0 Å². The van der Waals surface area contributed by atoms with Gasteiger partial charge < -0.3 is 10.1 Å². The number of amides is 1. The lowest BCUT2D eigenvalue weighted by atomic mass is 10.3. The molecule has 1 N–H and O–H groups in total. The van der Waals surface area contributed by atoms with Gasteiger partial charge in [0.25, 0.3) is 0 Å². The Labute approximate surface area is 94.2 Å². The van der Waals surface area contributed by atoms with Gasteiger partial charge in [-0.3, -0.25) is 4.79 Å². The largest absolute Gasteiger partial charge is 0.497 e. The van der Waals surface area contributed by atoms with Crippen molar-refractivity contribution in [1.82, 2.24) is 5.32 Å². The average Bonchev–Trinajstić information content (AvgIpc) is 2.29. The van der Waals surface area contributed by atoms with Crippen LogP contribution in [0, 0.1) is 0 Å². The summed E-state index contributed by atoms with van der Waals surface area (Å²) in [4.78, 5) is 12.3. The van der Waals surface area contributed by atoms with E-state index in [-0.39, 0.29) is 11.2 Å². The highest BCUT2D eigenvalue weighted by Gasteiger charge is 2.11. The molecule has 1 unspecified atom stereocenters. The molecule has 82 valence electrons.